The van der Waals surface area contributed by atoms with E-state index in [1.807, 2.05) is 6.92 Å². The standard InChI is InChI=1S/C13H18N2O3/c1-3-18-11-6-4-10(5-7-11)12(16)8-15(2)9-13(14)17/h4-7H,3,8-9H2,1-2H3,(H2,14,17). The summed E-state index contributed by atoms with van der Waals surface area (Å²) in [5, 5.41) is 0. The van der Waals surface area contributed by atoms with E-state index in [2.05, 4.69) is 0 Å². The average molecular weight is 250 g/mol. The third-order valence-corrected chi connectivity index (χ3v) is 2.33. The minimum Gasteiger partial charge on any atom is -0.494 e. The number of ether oxygens (including phenoxy) is 1. The monoisotopic (exact) mass is 250 g/mol. The number of ketones is 1. The first-order chi connectivity index (χ1) is 8.52. The van der Waals surface area contributed by atoms with Crippen LogP contribution in [0.5, 0.6) is 5.75 Å². The van der Waals surface area contributed by atoms with Crippen molar-refractivity contribution in [2.45, 2.75) is 6.92 Å². The molecule has 1 aromatic carbocycles. The first-order valence-electron chi connectivity index (χ1n) is 5.75. The van der Waals surface area contributed by atoms with Gasteiger partial charge in [-0.15, -0.1) is 0 Å². The molecule has 18 heavy (non-hydrogen) atoms. The van der Waals surface area contributed by atoms with Crippen molar-refractivity contribution in [3.63, 3.8) is 0 Å². The van der Waals surface area contributed by atoms with Crippen LogP contribution in [-0.4, -0.2) is 43.3 Å². The lowest BCUT2D eigenvalue weighted by atomic mass is 10.1. The quantitative estimate of drug-likeness (QED) is 0.722. The van der Waals surface area contributed by atoms with Gasteiger partial charge in [-0.2, -0.15) is 0 Å². The first kappa shape index (κ1) is 14.2. The van der Waals surface area contributed by atoms with Crippen LogP contribution >= 0.6 is 0 Å². The van der Waals surface area contributed by atoms with Crippen molar-refractivity contribution >= 4 is 11.7 Å². The van der Waals surface area contributed by atoms with E-state index in [4.69, 9.17) is 10.5 Å². The lowest BCUT2D eigenvalue weighted by Gasteiger charge is -2.13. The van der Waals surface area contributed by atoms with Crippen molar-refractivity contribution < 1.29 is 14.3 Å². The van der Waals surface area contributed by atoms with Crippen molar-refractivity contribution in [3.8, 4) is 5.75 Å². The van der Waals surface area contributed by atoms with Gasteiger partial charge >= 0.3 is 0 Å². The molecule has 1 rings (SSSR count). The summed E-state index contributed by atoms with van der Waals surface area (Å²) in [5.41, 5.74) is 5.64. The van der Waals surface area contributed by atoms with E-state index in [1.165, 1.54) is 0 Å². The number of primary amides is 1. The zero-order valence-electron chi connectivity index (χ0n) is 10.7. The van der Waals surface area contributed by atoms with Gasteiger partial charge < -0.3 is 10.5 Å². The second-order valence-corrected chi connectivity index (χ2v) is 4.02. The SMILES string of the molecule is CCOc1ccc(C(=O)CN(C)CC(N)=O)cc1. The molecule has 2 N–H and O–H groups in total. The minimum atomic E-state index is -0.447. The molecule has 0 atom stereocenters. The van der Waals surface area contributed by atoms with Crippen LogP contribution in [-0.2, 0) is 4.79 Å². The Bertz CT molecular complexity index is 415. The number of likely N-dealkylation sites (N-methyl/N-ethyl adjacent to an activating group) is 1. The average Bonchev–Trinajstić information content (AvgIpc) is 2.29. The fraction of sp³-hybridized carbons (Fsp3) is 0.385. The molecule has 0 saturated carbocycles. The summed E-state index contributed by atoms with van der Waals surface area (Å²) in [7, 11) is 1.68. The fourth-order valence-electron chi connectivity index (χ4n) is 1.56. The van der Waals surface area contributed by atoms with Crippen LogP contribution in [0.25, 0.3) is 0 Å². The molecule has 0 aliphatic heterocycles. The lowest BCUT2D eigenvalue weighted by molar-refractivity contribution is -0.118. The molecule has 0 aliphatic carbocycles. The predicted octanol–water partition coefficient (Wildman–Crippen LogP) is 0.685. The van der Waals surface area contributed by atoms with Crippen molar-refractivity contribution in [3.05, 3.63) is 29.8 Å². The first-order valence-corrected chi connectivity index (χ1v) is 5.75. The van der Waals surface area contributed by atoms with E-state index in [9.17, 15) is 9.59 Å². The van der Waals surface area contributed by atoms with E-state index in [0.29, 0.717) is 12.2 Å². The van der Waals surface area contributed by atoms with E-state index in [-0.39, 0.29) is 18.9 Å². The predicted molar refractivity (Wildman–Crippen MR) is 68.6 cm³/mol. The van der Waals surface area contributed by atoms with Gasteiger partial charge in [0.2, 0.25) is 5.91 Å². The molecular weight excluding hydrogens is 232 g/mol. The molecule has 0 unspecified atom stereocenters. The molecule has 0 aromatic heterocycles. The van der Waals surface area contributed by atoms with Crippen LogP contribution in [0.15, 0.2) is 24.3 Å². The van der Waals surface area contributed by atoms with E-state index in [1.54, 1.807) is 36.2 Å². The van der Waals surface area contributed by atoms with Gasteiger partial charge in [-0.3, -0.25) is 14.5 Å². The van der Waals surface area contributed by atoms with Gasteiger partial charge in [0.05, 0.1) is 19.7 Å². The minimum absolute atomic E-state index is 0.0539. The molecule has 0 fully saturated rings. The van der Waals surface area contributed by atoms with Gasteiger partial charge in [-0.1, -0.05) is 0 Å². The van der Waals surface area contributed by atoms with E-state index < -0.39 is 5.91 Å². The third kappa shape index (κ3) is 4.55. The van der Waals surface area contributed by atoms with Crippen LogP contribution in [0.2, 0.25) is 0 Å². The molecule has 0 saturated heterocycles. The second-order valence-electron chi connectivity index (χ2n) is 4.02. The number of rotatable bonds is 7. The highest BCUT2D eigenvalue weighted by Gasteiger charge is 2.10. The summed E-state index contributed by atoms with van der Waals surface area (Å²) < 4.78 is 5.29. The van der Waals surface area contributed by atoms with Gasteiger partial charge in [0.15, 0.2) is 5.78 Å². The lowest BCUT2D eigenvalue weighted by Crippen LogP contribution is -2.34. The number of amides is 1. The zero-order chi connectivity index (χ0) is 13.5. The molecule has 0 bridgehead atoms. The summed E-state index contributed by atoms with van der Waals surface area (Å²) in [4.78, 5) is 24.2. The molecular formula is C13H18N2O3. The largest absolute Gasteiger partial charge is 0.494 e. The molecule has 5 nitrogen and oxygen atoms in total. The van der Waals surface area contributed by atoms with Crippen molar-refractivity contribution in [1.29, 1.82) is 0 Å². The Balaban J connectivity index is 2.58. The molecule has 0 spiro atoms. The highest BCUT2D eigenvalue weighted by Crippen LogP contribution is 2.12. The van der Waals surface area contributed by atoms with Crippen LogP contribution < -0.4 is 10.5 Å². The van der Waals surface area contributed by atoms with Crippen LogP contribution in [0, 0.1) is 0 Å². The smallest absolute Gasteiger partial charge is 0.231 e. The highest BCUT2D eigenvalue weighted by atomic mass is 16.5. The number of benzene rings is 1. The summed E-state index contributed by atoms with van der Waals surface area (Å²) in [6.45, 7) is 2.73. The Morgan fingerprint density at radius 3 is 2.33 bits per heavy atom. The van der Waals surface area contributed by atoms with Gasteiger partial charge in [-0.25, -0.2) is 0 Å². The summed E-state index contributed by atoms with van der Waals surface area (Å²) in [6, 6.07) is 6.94. The van der Waals surface area contributed by atoms with Gasteiger partial charge in [-0.05, 0) is 38.2 Å². The molecule has 0 heterocycles. The van der Waals surface area contributed by atoms with Gasteiger partial charge in [0, 0.05) is 5.56 Å². The number of hydrogen-bond acceptors (Lipinski definition) is 4. The summed E-state index contributed by atoms with van der Waals surface area (Å²) >= 11 is 0. The Labute approximate surface area is 107 Å². The van der Waals surface area contributed by atoms with Crippen LogP contribution in [0.4, 0.5) is 0 Å². The van der Waals surface area contributed by atoms with Crippen molar-refractivity contribution in [2.75, 3.05) is 26.7 Å². The number of nitrogens with zero attached hydrogens (tertiary/aromatic N) is 1. The summed E-state index contributed by atoms with van der Waals surface area (Å²) in [6.07, 6.45) is 0. The number of carbonyl (C=O) groups is 2. The highest BCUT2D eigenvalue weighted by molar-refractivity contribution is 5.97. The Morgan fingerprint density at radius 1 is 1.22 bits per heavy atom. The van der Waals surface area contributed by atoms with E-state index >= 15 is 0 Å². The molecule has 1 aromatic rings. The van der Waals surface area contributed by atoms with Gasteiger partial charge in [0.25, 0.3) is 0 Å². The Kier molecular flexibility index (Phi) is 5.32. The molecule has 0 aliphatic rings. The van der Waals surface area contributed by atoms with E-state index in [0.717, 1.165) is 5.75 Å². The maximum atomic E-state index is 11.9. The number of carbonyl (C=O) groups excluding carboxylic acids is 2. The fourth-order valence-corrected chi connectivity index (χ4v) is 1.56. The van der Waals surface area contributed by atoms with Crippen LogP contribution in [0.3, 0.4) is 0 Å². The molecule has 98 valence electrons. The number of hydrogen-bond donors (Lipinski definition) is 1. The van der Waals surface area contributed by atoms with Crippen LogP contribution in [0.1, 0.15) is 17.3 Å². The maximum absolute atomic E-state index is 11.9. The number of Topliss-reactive ketones (excluding diaryl/α,β-unsaturated/α-hetero) is 1. The topological polar surface area (TPSA) is 72.6 Å². The summed E-state index contributed by atoms with van der Waals surface area (Å²) in [5.74, 6) is 0.235. The zero-order valence-corrected chi connectivity index (χ0v) is 10.7. The van der Waals surface area contributed by atoms with Gasteiger partial charge in [0.1, 0.15) is 5.75 Å². The van der Waals surface area contributed by atoms with Crippen molar-refractivity contribution in [2.24, 2.45) is 5.73 Å². The number of nitrogens with two attached hydrogens (primary N) is 1. The second kappa shape index (κ2) is 6.76. The molecule has 1 amide bonds. The molecule has 0 radical (unpaired) electrons. The van der Waals surface area contributed by atoms with Crippen molar-refractivity contribution in [1.82, 2.24) is 4.90 Å². The maximum Gasteiger partial charge on any atom is 0.231 e. The normalized spacial score (nSPS) is 10.4. The molecule has 5 heteroatoms. The Morgan fingerprint density at radius 2 is 1.83 bits per heavy atom. The Hall–Kier alpha value is -1.88. The third-order valence-electron chi connectivity index (χ3n) is 2.33.